The van der Waals surface area contributed by atoms with Crippen LogP contribution < -0.4 is 5.32 Å². The van der Waals surface area contributed by atoms with E-state index in [1.54, 1.807) is 6.92 Å². The van der Waals surface area contributed by atoms with Crippen molar-refractivity contribution in [3.05, 3.63) is 68.5 Å². The summed E-state index contributed by atoms with van der Waals surface area (Å²) < 4.78 is 6.51. The summed E-state index contributed by atoms with van der Waals surface area (Å²) in [5.41, 5.74) is -0.0563. The molecule has 4 rings (SSSR count). The van der Waals surface area contributed by atoms with Gasteiger partial charge >= 0.3 is 6.03 Å². The minimum absolute atomic E-state index is 0.0609. The molecule has 2 aromatic heterocycles. The lowest BCUT2D eigenvalue weighted by Crippen LogP contribution is -2.40. The van der Waals surface area contributed by atoms with E-state index >= 15 is 0 Å². The zero-order chi connectivity index (χ0) is 19.0. The molecule has 1 fully saturated rings. The van der Waals surface area contributed by atoms with Gasteiger partial charge in [0.15, 0.2) is 5.54 Å². The van der Waals surface area contributed by atoms with Gasteiger partial charge in [-0.25, -0.2) is 4.79 Å². The van der Waals surface area contributed by atoms with Gasteiger partial charge in [0.1, 0.15) is 6.54 Å². The minimum Gasteiger partial charge on any atom is -0.423 e. The molecule has 1 unspecified atom stereocenters. The first kappa shape index (κ1) is 17.9. The Morgan fingerprint density at radius 1 is 1.15 bits per heavy atom. The Morgan fingerprint density at radius 3 is 2.59 bits per heavy atom. The lowest BCUT2D eigenvalue weighted by molar-refractivity contribution is -0.131. The van der Waals surface area contributed by atoms with Crippen LogP contribution in [0.4, 0.5) is 4.79 Å². The van der Waals surface area contributed by atoms with E-state index < -0.39 is 11.6 Å². The highest BCUT2D eigenvalue weighted by Gasteiger charge is 2.50. The van der Waals surface area contributed by atoms with Gasteiger partial charge in [0.2, 0.25) is 11.8 Å². The topological polar surface area (TPSA) is 88.3 Å². The molecule has 1 aromatic carbocycles. The molecular weight excluding hydrogens is 432 g/mol. The van der Waals surface area contributed by atoms with Crippen LogP contribution in [0.25, 0.3) is 0 Å². The van der Waals surface area contributed by atoms with E-state index in [2.05, 4.69) is 31.4 Å². The van der Waals surface area contributed by atoms with Crippen molar-refractivity contribution in [2.75, 3.05) is 0 Å². The minimum atomic E-state index is -1.10. The number of thiophene rings is 1. The number of hydrogen-bond acceptors (Lipinski definition) is 6. The molecule has 3 amide bonds. The second kappa shape index (κ2) is 6.90. The summed E-state index contributed by atoms with van der Waals surface area (Å²) in [7, 11) is 0. The van der Waals surface area contributed by atoms with Crippen LogP contribution >= 0.6 is 27.3 Å². The van der Waals surface area contributed by atoms with Crippen molar-refractivity contribution in [3.8, 4) is 0 Å². The van der Waals surface area contributed by atoms with Crippen molar-refractivity contribution in [1.82, 2.24) is 20.4 Å². The van der Waals surface area contributed by atoms with Crippen molar-refractivity contribution in [1.29, 1.82) is 0 Å². The van der Waals surface area contributed by atoms with E-state index in [-0.39, 0.29) is 18.3 Å². The maximum atomic E-state index is 12.9. The Morgan fingerprint density at radius 2 is 1.89 bits per heavy atom. The molecule has 1 atom stereocenters. The first-order valence-corrected chi connectivity index (χ1v) is 9.82. The molecule has 0 saturated carbocycles. The van der Waals surface area contributed by atoms with Crippen LogP contribution in [0.1, 0.15) is 29.1 Å². The number of rotatable bonds is 5. The number of hydrogen-bond donors (Lipinski definition) is 1. The van der Waals surface area contributed by atoms with Gasteiger partial charge < -0.3 is 9.73 Å². The summed E-state index contributed by atoms with van der Waals surface area (Å²) in [5, 5.41) is 10.7. The second-order valence-electron chi connectivity index (χ2n) is 6.30. The second-order valence-corrected chi connectivity index (χ2v) is 8.77. The van der Waals surface area contributed by atoms with Crippen LogP contribution in [-0.2, 0) is 23.3 Å². The average molecular weight is 447 g/mol. The van der Waals surface area contributed by atoms with Gasteiger partial charge in [-0.3, -0.25) is 9.69 Å². The summed E-state index contributed by atoms with van der Waals surface area (Å²) >= 11 is 4.79. The maximum Gasteiger partial charge on any atom is 0.325 e. The first-order valence-electron chi connectivity index (χ1n) is 8.21. The summed E-state index contributed by atoms with van der Waals surface area (Å²) in [6, 6.07) is 12.9. The van der Waals surface area contributed by atoms with Gasteiger partial charge in [0.25, 0.3) is 5.91 Å². The molecule has 0 radical (unpaired) electrons. The Bertz CT molecular complexity index is 1000. The van der Waals surface area contributed by atoms with Crippen LogP contribution in [0.3, 0.4) is 0 Å². The number of carbonyl (C=O) groups is 2. The molecule has 9 heteroatoms. The molecule has 27 heavy (non-hydrogen) atoms. The van der Waals surface area contributed by atoms with E-state index in [0.29, 0.717) is 12.3 Å². The number of benzene rings is 1. The molecule has 138 valence electrons. The summed E-state index contributed by atoms with van der Waals surface area (Å²) in [6.45, 7) is 1.63. The fourth-order valence-electron chi connectivity index (χ4n) is 2.92. The largest absolute Gasteiger partial charge is 0.423 e. The van der Waals surface area contributed by atoms with Crippen molar-refractivity contribution in [3.63, 3.8) is 0 Å². The molecule has 7 nitrogen and oxygen atoms in total. The Hall–Kier alpha value is -2.52. The third-order valence-corrected chi connectivity index (χ3v) is 6.19. The number of carbonyl (C=O) groups excluding carboxylic acids is 2. The van der Waals surface area contributed by atoms with E-state index in [1.807, 2.05) is 42.5 Å². The molecule has 0 spiro atoms. The number of nitrogens with one attached hydrogen (secondary N) is 1. The molecule has 3 aromatic rings. The summed E-state index contributed by atoms with van der Waals surface area (Å²) in [5.74, 6) is 0.318. The molecule has 1 aliphatic heterocycles. The van der Waals surface area contributed by atoms with Crippen molar-refractivity contribution >= 4 is 39.2 Å². The maximum absolute atomic E-state index is 12.9. The number of amides is 3. The number of nitrogens with zero attached hydrogens (tertiary/aromatic N) is 3. The standard InChI is InChI=1S/C18H15BrN4O3S/c1-18(12-7-8-13(19)27-12)16(24)23(17(25)20-18)10-15-22-21-14(26-15)9-11-5-3-2-4-6-11/h2-8H,9-10H2,1H3,(H,20,25). The third-order valence-electron chi connectivity index (χ3n) is 4.34. The monoisotopic (exact) mass is 446 g/mol. The van der Waals surface area contributed by atoms with Crippen molar-refractivity contribution in [2.45, 2.75) is 25.4 Å². The molecule has 1 N–H and O–H groups in total. The molecule has 1 aliphatic rings. The lowest BCUT2D eigenvalue weighted by Gasteiger charge is -2.19. The number of urea groups is 1. The van der Waals surface area contributed by atoms with E-state index in [4.69, 9.17) is 4.42 Å². The molecular formula is C18H15BrN4O3S. The summed E-state index contributed by atoms with van der Waals surface area (Å²) in [6.07, 6.45) is 0.495. The van der Waals surface area contributed by atoms with Crippen LogP contribution in [0.15, 0.2) is 50.7 Å². The van der Waals surface area contributed by atoms with E-state index in [1.165, 1.54) is 11.3 Å². The fourth-order valence-corrected chi connectivity index (χ4v) is 4.40. The van der Waals surface area contributed by atoms with Gasteiger partial charge in [-0.15, -0.1) is 21.5 Å². The zero-order valence-electron chi connectivity index (χ0n) is 14.3. The molecule has 1 saturated heterocycles. The van der Waals surface area contributed by atoms with Crippen LogP contribution in [0, 0.1) is 0 Å². The van der Waals surface area contributed by atoms with Crippen LogP contribution in [0.2, 0.25) is 0 Å². The molecule has 0 bridgehead atoms. The van der Waals surface area contributed by atoms with Crippen LogP contribution in [0.5, 0.6) is 0 Å². The average Bonchev–Trinajstić information content (AvgIpc) is 3.33. The summed E-state index contributed by atoms with van der Waals surface area (Å²) in [4.78, 5) is 27.1. The van der Waals surface area contributed by atoms with Crippen molar-refractivity contribution in [2.24, 2.45) is 0 Å². The zero-order valence-corrected chi connectivity index (χ0v) is 16.7. The number of halogens is 1. The Balaban J connectivity index is 1.50. The quantitative estimate of drug-likeness (QED) is 0.606. The number of imide groups is 1. The normalized spacial score (nSPS) is 19.6. The van der Waals surface area contributed by atoms with Gasteiger partial charge in [0, 0.05) is 4.88 Å². The smallest absolute Gasteiger partial charge is 0.325 e. The Kier molecular flexibility index (Phi) is 4.56. The molecule has 3 heterocycles. The first-order chi connectivity index (χ1) is 13.0. The molecule has 0 aliphatic carbocycles. The van der Waals surface area contributed by atoms with E-state index in [0.717, 1.165) is 19.1 Å². The fraction of sp³-hybridized carbons (Fsp3) is 0.222. The van der Waals surface area contributed by atoms with Gasteiger partial charge in [-0.1, -0.05) is 30.3 Å². The SMILES string of the molecule is CC1(c2ccc(Br)s2)NC(=O)N(Cc2nnc(Cc3ccccc3)o2)C1=O. The van der Waals surface area contributed by atoms with Gasteiger partial charge in [0.05, 0.1) is 10.2 Å². The van der Waals surface area contributed by atoms with E-state index in [9.17, 15) is 9.59 Å². The predicted molar refractivity (Wildman–Crippen MR) is 102 cm³/mol. The van der Waals surface area contributed by atoms with Crippen LogP contribution in [-0.4, -0.2) is 27.0 Å². The highest BCUT2D eigenvalue weighted by atomic mass is 79.9. The third kappa shape index (κ3) is 3.40. The van der Waals surface area contributed by atoms with Gasteiger partial charge in [-0.2, -0.15) is 0 Å². The lowest BCUT2D eigenvalue weighted by atomic mass is 10.0. The Labute approximate surface area is 167 Å². The predicted octanol–water partition coefficient (Wildman–Crippen LogP) is 3.45. The highest BCUT2D eigenvalue weighted by Crippen LogP contribution is 2.35. The van der Waals surface area contributed by atoms with Gasteiger partial charge in [-0.05, 0) is 40.5 Å². The van der Waals surface area contributed by atoms with Crippen molar-refractivity contribution < 1.29 is 14.0 Å². The highest BCUT2D eigenvalue weighted by molar-refractivity contribution is 9.11. The number of aromatic nitrogens is 2.